The molecular weight excluding hydrogens is 276 g/mol. The Balaban J connectivity index is 2.03. The van der Waals surface area contributed by atoms with Crippen LogP contribution in [0.2, 0.25) is 0 Å². The van der Waals surface area contributed by atoms with Crippen molar-refractivity contribution in [1.82, 2.24) is 15.0 Å². The summed E-state index contributed by atoms with van der Waals surface area (Å²) in [4.78, 5) is 18.0. The number of anilines is 1. The summed E-state index contributed by atoms with van der Waals surface area (Å²) in [6.07, 6.45) is 0. The van der Waals surface area contributed by atoms with Crippen LogP contribution in [0.3, 0.4) is 0 Å². The van der Waals surface area contributed by atoms with Gasteiger partial charge in [-0.3, -0.25) is 4.79 Å². The van der Waals surface area contributed by atoms with E-state index < -0.39 is 0 Å². The Hall–Kier alpha value is -1.89. The molecule has 0 radical (unpaired) electrons. The van der Waals surface area contributed by atoms with Crippen LogP contribution in [0.15, 0.2) is 16.0 Å². The molecule has 1 amide bonds. The summed E-state index contributed by atoms with van der Waals surface area (Å²) in [5.41, 5.74) is 1.33. The van der Waals surface area contributed by atoms with E-state index in [1.165, 1.54) is 11.3 Å². The van der Waals surface area contributed by atoms with Crippen LogP contribution in [0.25, 0.3) is 0 Å². The van der Waals surface area contributed by atoms with Crippen molar-refractivity contribution in [2.24, 2.45) is 0 Å². The van der Waals surface area contributed by atoms with Gasteiger partial charge in [0.2, 0.25) is 0 Å². The Kier molecular flexibility index (Phi) is 4.39. The number of thiazole rings is 1. The van der Waals surface area contributed by atoms with E-state index in [4.69, 9.17) is 4.52 Å². The predicted octanol–water partition coefficient (Wildman–Crippen LogP) is 2.57. The van der Waals surface area contributed by atoms with Gasteiger partial charge in [0, 0.05) is 25.5 Å². The molecule has 2 aromatic heterocycles. The van der Waals surface area contributed by atoms with E-state index in [2.05, 4.69) is 15.5 Å². The first-order valence-corrected chi connectivity index (χ1v) is 7.23. The second-order valence-corrected chi connectivity index (χ2v) is 5.68. The quantitative estimate of drug-likeness (QED) is 0.917. The number of nitrogens with zero attached hydrogens (tertiary/aromatic N) is 3. The van der Waals surface area contributed by atoms with Crippen LogP contribution in [0, 0.1) is 0 Å². The van der Waals surface area contributed by atoms with Gasteiger partial charge in [-0.2, -0.15) is 0 Å². The molecule has 0 spiro atoms. The lowest BCUT2D eigenvalue weighted by Gasteiger charge is -2.13. The second kappa shape index (κ2) is 6.04. The molecule has 6 nitrogen and oxygen atoms in total. The van der Waals surface area contributed by atoms with Gasteiger partial charge in [-0.25, -0.2) is 4.98 Å². The third-order valence-corrected chi connectivity index (χ3v) is 3.71. The maximum absolute atomic E-state index is 12.2. The van der Waals surface area contributed by atoms with Crippen LogP contribution in [-0.2, 0) is 6.54 Å². The number of carbonyl (C=O) groups excluding carboxylic acids is 1. The molecule has 2 heterocycles. The smallest absolute Gasteiger partial charge is 0.273 e. The van der Waals surface area contributed by atoms with Crippen molar-refractivity contribution in [2.45, 2.75) is 26.3 Å². The van der Waals surface area contributed by atoms with Crippen molar-refractivity contribution < 1.29 is 9.32 Å². The molecule has 108 valence electrons. The van der Waals surface area contributed by atoms with Gasteiger partial charge >= 0.3 is 0 Å². The lowest BCUT2D eigenvalue weighted by atomic mass is 10.1. The molecule has 0 saturated carbocycles. The fraction of sp³-hybridized carbons (Fsp3) is 0.462. The van der Waals surface area contributed by atoms with E-state index in [-0.39, 0.29) is 5.91 Å². The predicted molar refractivity (Wildman–Crippen MR) is 78.1 cm³/mol. The summed E-state index contributed by atoms with van der Waals surface area (Å²) < 4.78 is 5.23. The number of hydrogen-bond acceptors (Lipinski definition) is 6. The van der Waals surface area contributed by atoms with E-state index in [1.807, 2.05) is 19.9 Å². The Morgan fingerprint density at radius 3 is 2.85 bits per heavy atom. The van der Waals surface area contributed by atoms with Crippen molar-refractivity contribution in [3.05, 3.63) is 28.6 Å². The van der Waals surface area contributed by atoms with E-state index in [0.717, 1.165) is 10.8 Å². The zero-order valence-electron chi connectivity index (χ0n) is 12.0. The summed E-state index contributed by atoms with van der Waals surface area (Å²) in [6.45, 7) is 4.47. The second-order valence-electron chi connectivity index (χ2n) is 4.82. The van der Waals surface area contributed by atoms with E-state index in [1.54, 1.807) is 24.4 Å². The minimum Gasteiger partial charge on any atom is -0.365 e. The van der Waals surface area contributed by atoms with Crippen molar-refractivity contribution in [2.75, 3.05) is 19.4 Å². The number of carbonyl (C=O) groups is 1. The van der Waals surface area contributed by atoms with Crippen molar-refractivity contribution in [3.63, 3.8) is 0 Å². The average molecular weight is 294 g/mol. The number of hydrogen-bond donors (Lipinski definition) is 1. The summed E-state index contributed by atoms with van der Waals surface area (Å²) in [6, 6.07) is 1.88. The first kappa shape index (κ1) is 14.5. The number of amides is 1. The SMILES string of the molecule is CNc1nc(C(=O)N(C)Cc2cc(C(C)C)no2)cs1. The van der Waals surface area contributed by atoms with E-state index in [9.17, 15) is 4.79 Å². The Labute approximate surface area is 121 Å². The van der Waals surface area contributed by atoms with Gasteiger partial charge in [0.15, 0.2) is 10.9 Å². The Bertz CT molecular complexity index is 591. The van der Waals surface area contributed by atoms with Crippen molar-refractivity contribution in [3.8, 4) is 0 Å². The van der Waals surface area contributed by atoms with E-state index >= 15 is 0 Å². The fourth-order valence-electron chi connectivity index (χ4n) is 1.66. The number of nitrogens with one attached hydrogen (secondary N) is 1. The molecule has 0 aromatic carbocycles. The molecule has 20 heavy (non-hydrogen) atoms. The molecule has 0 unspecified atom stereocenters. The van der Waals surface area contributed by atoms with Gasteiger partial charge in [0.05, 0.1) is 12.2 Å². The maximum Gasteiger partial charge on any atom is 0.273 e. The third-order valence-electron chi connectivity index (χ3n) is 2.85. The molecule has 0 saturated heterocycles. The molecule has 2 rings (SSSR count). The van der Waals surface area contributed by atoms with Gasteiger partial charge in [-0.05, 0) is 5.92 Å². The molecule has 0 fully saturated rings. The Morgan fingerprint density at radius 1 is 1.55 bits per heavy atom. The molecule has 2 aromatic rings. The molecule has 0 atom stereocenters. The highest BCUT2D eigenvalue weighted by Crippen LogP contribution is 2.18. The monoisotopic (exact) mass is 294 g/mol. The molecule has 7 heteroatoms. The third kappa shape index (κ3) is 3.16. The van der Waals surface area contributed by atoms with Crippen molar-refractivity contribution >= 4 is 22.4 Å². The fourth-order valence-corrected chi connectivity index (χ4v) is 2.31. The van der Waals surface area contributed by atoms with Crippen LogP contribution >= 0.6 is 11.3 Å². The minimum atomic E-state index is -0.134. The largest absolute Gasteiger partial charge is 0.365 e. The van der Waals surface area contributed by atoms with Crippen LogP contribution < -0.4 is 5.32 Å². The van der Waals surface area contributed by atoms with E-state index in [0.29, 0.717) is 23.9 Å². The molecule has 0 aliphatic rings. The zero-order valence-corrected chi connectivity index (χ0v) is 12.8. The molecule has 0 aliphatic carbocycles. The first-order chi connectivity index (χ1) is 9.51. The maximum atomic E-state index is 12.2. The summed E-state index contributed by atoms with van der Waals surface area (Å²) in [5, 5.41) is 9.36. The highest BCUT2D eigenvalue weighted by molar-refractivity contribution is 7.13. The molecular formula is C13H18N4O2S. The van der Waals surface area contributed by atoms with Gasteiger partial charge in [0.25, 0.3) is 5.91 Å². The topological polar surface area (TPSA) is 71.3 Å². The lowest BCUT2D eigenvalue weighted by molar-refractivity contribution is 0.0767. The number of aromatic nitrogens is 2. The van der Waals surface area contributed by atoms with Crippen LogP contribution in [0.5, 0.6) is 0 Å². The number of rotatable bonds is 5. The molecule has 1 N–H and O–H groups in total. The highest BCUT2D eigenvalue weighted by Gasteiger charge is 2.17. The first-order valence-electron chi connectivity index (χ1n) is 6.35. The summed E-state index contributed by atoms with van der Waals surface area (Å²) >= 11 is 1.40. The van der Waals surface area contributed by atoms with Gasteiger partial charge in [-0.15, -0.1) is 11.3 Å². The van der Waals surface area contributed by atoms with Crippen LogP contribution in [0.1, 0.15) is 41.7 Å². The van der Waals surface area contributed by atoms with Gasteiger partial charge < -0.3 is 14.7 Å². The minimum absolute atomic E-state index is 0.134. The molecule has 0 aliphatic heterocycles. The standard InChI is InChI=1S/C13H18N4O2S/c1-8(2)10-5-9(19-16-10)6-17(4)12(18)11-7-20-13(14-3)15-11/h5,7-8H,6H2,1-4H3,(H,14,15). The zero-order chi connectivity index (χ0) is 14.7. The van der Waals surface area contributed by atoms with Crippen LogP contribution in [-0.4, -0.2) is 35.0 Å². The van der Waals surface area contributed by atoms with Gasteiger partial charge in [0.1, 0.15) is 5.69 Å². The van der Waals surface area contributed by atoms with Crippen molar-refractivity contribution in [1.29, 1.82) is 0 Å². The van der Waals surface area contributed by atoms with Crippen LogP contribution in [0.4, 0.5) is 5.13 Å². The molecule has 0 bridgehead atoms. The highest BCUT2D eigenvalue weighted by atomic mass is 32.1. The lowest BCUT2D eigenvalue weighted by Crippen LogP contribution is -2.26. The Morgan fingerprint density at radius 2 is 2.30 bits per heavy atom. The summed E-state index contributed by atoms with van der Waals surface area (Å²) in [7, 11) is 3.50. The summed E-state index contributed by atoms with van der Waals surface area (Å²) in [5.74, 6) is 0.851. The average Bonchev–Trinajstić information content (AvgIpc) is 3.06. The normalized spacial score (nSPS) is 10.8. The van der Waals surface area contributed by atoms with Gasteiger partial charge in [-0.1, -0.05) is 19.0 Å².